The smallest absolute Gasteiger partial charge is 0.0375 e. The van der Waals surface area contributed by atoms with E-state index in [0.717, 1.165) is 12.5 Å². The van der Waals surface area contributed by atoms with Crippen LogP contribution in [0.15, 0.2) is 12.1 Å². The Hall–Kier alpha value is -0.980. The minimum Gasteiger partial charge on any atom is -0.385 e. The lowest BCUT2D eigenvalue weighted by Gasteiger charge is -2.26. The minimum absolute atomic E-state index is 0.824. The van der Waals surface area contributed by atoms with Gasteiger partial charge in [0.2, 0.25) is 0 Å². The molecule has 0 fully saturated rings. The summed E-state index contributed by atoms with van der Waals surface area (Å²) in [5, 5.41) is 3.53. The van der Waals surface area contributed by atoms with Gasteiger partial charge in [-0.1, -0.05) is 19.4 Å². The van der Waals surface area contributed by atoms with Crippen LogP contribution in [0.5, 0.6) is 0 Å². The molecule has 2 rings (SSSR count). The number of rotatable bonds is 1. The van der Waals surface area contributed by atoms with E-state index in [1.165, 1.54) is 35.2 Å². The minimum atomic E-state index is 0.824. The normalized spacial score (nSPS) is 20.1. The van der Waals surface area contributed by atoms with Crippen LogP contribution in [0.4, 0.5) is 5.69 Å². The summed E-state index contributed by atoms with van der Waals surface area (Å²) in [6, 6.07) is 4.63. The highest BCUT2D eigenvalue weighted by atomic mass is 14.9. The summed E-state index contributed by atoms with van der Waals surface area (Å²) in [7, 11) is 0. The Morgan fingerprint density at radius 3 is 2.71 bits per heavy atom. The number of hydrogen-bond acceptors (Lipinski definition) is 1. The third-order valence-electron chi connectivity index (χ3n) is 3.39. The molecule has 1 aromatic carbocycles. The van der Waals surface area contributed by atoms with Crippen LogP contribution < -0.4 is 5.32 Å². The van der Waals surface area contributed by atoms with E-state index in [1.54, 1.807) is 0 Å². The maximum Gasteiger partial charge on any atom is 0.0375 e. The predicted octanol–water partition coefficient (Wildman–Crippen LogP) is 3.30. The molecule has 0 saturated heterocycles. The van der Waals surface area contributed by atoms with Crippen LogP contribution in [-0.2, 0) is 6.42 Å². The van der Waals surface area contributed by atoms with E-state index >= 15 is 0 Å². The van der Waals surface area contributed by atoms with Gasteiger partial charge in [0, 0.05) is 12.2 Å². The Morgan fingerprint density at radius 2 is 2.00 bits per heavy atom. The molecule has 0 saturated carbocycles. The summed E-state index contributed by atoms with van der Waals surface area (Å²) in [5.41, 5.74) is 5.68. The van der Waals surface area contributed by atoms with Gasteiger partial charge in [0.25, 0.3) is 0 Å². The molecule has 76 valence electrons. The first-order valence-corrected chi connectivity index (χ1v) is 5.54. The number of nitrogens with one attached hydrogen (secondary N) is 1. The fraction of sp³-hybridized carbons (Fsp3) is 0.538. The maximum atomic E-state index is 3.53. The molecule has 1 aliphatic heterocycles. The monoisotopic (exact) mass is 189 g/mol. The van der Waals surface area contributed by atoms with Gasteiger partial charge in [0.15, 0.2) is 0 Å². The highest BCUT2D eigenvalue weighted by molar-refractivity contribution is 5.57. The molecule has 1 heterocycles. The number of aryl methyl sites for hydroxylation is 2. The van der Waals surface area contributed by atoms with E-state index in [4.69, 9.17) is 0 Å². The molecule has 1 heteroatoms. The average molecular weight is 189 g/mol. The molecule has 0 radical (unpaired) electrons. The van der Waals surface area contributed by atoms with Crippen LogP contribution in [0.1, 0.15) is 30.0 Å². The van der Waals surface area contributed by atoms with Gasteiger partial charge in [-0.3, -0.25) is 0 Å². The summed E-state index contributed by atoms with van der Waals surface area (Å²) in [6.07, 6.45) is 2.53. The van der Waals surface area contributed by atoms with E-state index in [-0.39, 0.29) is 0 Å². The van der Waals surface area contributed by atoms with Crippen molar-refractivity contribution in [1.82, 2.24) is 0 Å². The van der Waals surface area contributed by atoms with Gasteiger partial charge in [-0.05, 0) is 48.9 Å². The third kappa shape index (κ3) is 1.63. The van der Waals surface area contributed by atoms with E-state index in [1.807, 2.05) is 0 Å². The van der Waals surface area contributed by atoms with E-state index in [2.05, 4.69) is 38.2 Å². The molecular formula is C13H19N. The van der Waals surface area contributed by atoms with Gasteiger partial charge in [-0.2, -0.15) is 0 Å². The van der Waals surface area contributed by atoms with Crippen molar-refractivity contribution in [2.75, 3.05) is 11.9 Å². The van der Waals surface area contributed by atoms with Gasteiger partial charge < -0.3 is 5.32 Å². The summed E-state index contributed by atoms with van der Waals surface area (Å²) < 4.78 is 0. The molecule has 1 aromatic rings. The van der Waals surface area contributed by atoms with Gasteiger partial charge >= 0.3 is 0 Å². The first kappa shape index (κ1) is 9.57. The Labute approximate surface area is 86.5 Å². The van der Waals surface area contributed by atoms with Crippen molar-refractivity contribution in [2.45, 2.75) is 33.6 Å². The maximum absolute atomic E-state index is 3.53. The topological polar surface area (TPSA) is 12.0 Å². The van der Waals surface area contributed by atoms with Gasteiger partial charge in [-0.25, -0.2) is 0 Å². The zero-order chi connectivity index (χ0) is 10.1. The largest absolute Gasteiger partial charge is 0.385 e. The quantitative estimate of drug-likeness (QED) is 0.714. The molecule has 0 bridgehead atoms. The number of benzene rings is 1. The Kier molecular flexibility index (Phi) is 2.49. The van der Waals surface area contributed by atoms with Gasteiger partial charge in [-0.15, -0.1) is 0 Å². The van der Waals surface area contributed by atoms with Gasteiger partial charge in [0.1, 0.15) is 0 Å². The summed E-state index contributed by atoms with van der Waals surface area (Å²) in [4.78, 5) is 0. The van der Waals surface area contributed by atoms with Crippen molar-refractivity contribution in [3.63, 3.8) is 0 Å². The average Bonchev–Trinajstić information content (AvgIpc) is 2.19. The van der Waals surface area contributed by atoms with Crippen LogP contribution in [-0.4, -0.2) is 6.54 Å². The van der Waals surface area contributed by atoms with Crippen molar-refractivity contribution in [3.8, 4) is 0 Å². The highest BCUT2D eigenvalue weighted by Crippen LogP contribution is 2.28. The van der Waals surface area contributed by atoms with Crippen LogP contribution in [0, 0.1) is 19.8 Å². The lowest BCUT2D eigenvalue weighted by atomic mass is 9.90. The molecule has 1 N–H and O–H groups in total. The Morgan fingerprint density at radius 1 is 1.29 bits per heavy atom. The van der Waals surface area contributed by atoms with Crippen molar-refractivity contribution < 1.29 is 0 Å². The molecule has 1 nitrogen and oxygen atoms in total. The van der Waals surface area contributed by atoms with E-state index in [0.29, 0.717) is 0 Å². The SMILES string of the molecule is CCC1CNc2cc(C)c(C)cc2C1. The number of hydrogen-bond donors (Lipinski definition) is 1. The molecular weight excluding hydrogens is 170 g/mol. The lowest BCUT2D eigenvalue weighted by Crippen LogP contribution is -2.22. The first-order valence-electron chi connectivity index (χ1n) is 5.54. The zero-order valence-corrected chi connectivity index (χ0v) is 9.35. The Bertz CT molecular complexity index is 341. The molecule has 0 aliphatic carbocycles. The molecule has 1 aliphatic rings. The van der Waals surface area contributed by atoms with Gasteiger partial charge in [0.05, 0.1) is 0 Å². The fourth-order valence-electron chi connectivity index (χ4n) is 2.14. The molecule has 0 spiro atoms. The van der Waals surface area contributed by atoms with Crippen molar-refractivity contribution in [2.24, 2.45) is 5.92 Å². The molecule has 0 amide bonds. The fourth-order valence-corrected chi connectivity index (χ4v) is 2.14. The molecule has 0 aromatic heterocycles. The predicted molar refractivity (Wildman–Crippen MR) is 61.9 cm³/mol. The Balaban J connectivity index is 2.33. The molecule has 1 unspecified atom stereocenters. The number of fused-ring (bicyclic) bond motifs is 1. The van der Waals surface area contributed by atoms with Crippen LogP contribution in [0.2, 0.25) is 0 Å². The van der Waals surface area contributed by atoms with E-state index < -0.39 is 0 Å². The van der Waals surface area contributed by atoms with Crippen molar-refractivity contribution in [3.05, 3.63) is 28.8 Å². The number of anilines is 1. The highest BCUT2D eigenvalue weighted by Gasteiger charge is 2.16. The summed E-state index contributed by atoms with van der Waals surface area (Å²) in [5.74, 6) is 0.824. The van der Waals surface area contributed by atoms with E-state index in [9.17, 15) is 0 Å². The standard InChI is InChI=1S/C13H19N/c1-4-11-7-12-5-9(2)10(3)6-13(12)14-8-11/h5-6,11,14H,4,7-8H2,1-3H3. The molecule has 1 atom stereocenters. The van der Waals surface area contributed by atoms with Crippen LogP contribution >= 0.6 is 0 Å². The van der Waals surface area contributed by atoms with Crippen molar-refractivity contribution >= 4 is 5.69 Å². The first-order chi connectivity index (χ1) is 6.70. The second-order valence-corrected chi connectivity index (χ2v) is 4.45. The second kappa shape index (κ2) is 3.64. The van der Waals surface area contributed by atoms with Crippen LogP contribution in [0.25, 0.3) is 0 Å². The lowest BCUT2D eigenvalue weighted by molar-refractivity contribution is 0.520. The summed E-state index contributed by atoms with van der Waals surface area (Å²) in [6.45, 7) is 7.80. The van der Waals surface area contributed by atoms with Crippen molar-refractivity contribution in [1.29, 1.82) is 0 Å². The second-order valence-electron chi connectivity index (χ2n) is 4.45. The zero-order valence-electron chi connectivity index (χ0n) is 9.35. The third-order valence-corrected chi connectivity index (χ3v) is 3.39. The summed E-state index contributed by atoms with van der Waals surface area (Å²) >= 11 is 0. The van der Waals surface area contributed by atoms with Crippen LogP contribution in [0.3, 0.4) is 0 Å². The molecule has 14 heavy (non-hydrogen) atoms.